The topological polar surface area (TPSA) is 29.1 Å². The predicted molar refractivity (Wildman–Crippen MR) is 78.9 cm³/mol. The average molecular weight is 249 g/mol. The van der Waals surface area contributed by atoms with Crippen molar-refractivity contribution in [3.8, 4) is 0 Å². The first kappa shape index (κ1) is 16.9. The first-order valence-corrected chi connectivity index (χ1v) is 6.87. The Hall–Kier alpha value is -1.15. The quantitative estimate of drug-likeness (QED) is 0.798. The maximum absolute atomic E-state index is 11.7. The van der Waals surface area contributed by atoms with Crippen LogP contribution in [0.4, 0.5) is 0 Å². The molecule has 1 aromatic rings. The molecular formula is C16H27NO. The van der Waals surface area contributed by atoms with Crippen LogP contribution >= 0.6 is 0 Å². The molecule has 0 unspecified atom stereocenters. The minimum atomic E-state index is 0.0691. The number of nitrogens with one attached hydrogen (secondary N) is 1. The van der Waals surface area contributed by atoms with Gasteiger partial charge in [0.15, 0.2) is 5.78 Å². The van der Waals surface area contributed by atoms with Crippen LogP contribution in [0.2, 0.25) is 0 Å². The number of carbonyl (C=O) groups excluding carboxylic acids is 1. The fourth-order valence-corrected chi connectivity index (χ4v) is 1.44. The van der Waals surface area contributed by atoms with Crippen molar-refractivity contribution >= 4 is 5.78 Å². The number of rotatable bonds is 5. The molecule has 0 aromatic heterocycles. The van der Waals surface area contributed by atoms with Gasteiger partial charge in [-0.25, -0.2) is 0 Å². The van der Waals surface area contributed by atoms with E-state index in [1.165, 1.54) is 5.56 Å². The van der Waals surface area contributed by atoms with Gasteiger partial charge in [0.05, 0.1) is 0 Å². The molecule has 0 aliphatic carbocycles. The summed E-state index contributed by atoms with van der Waals surface area (Å²) < 4.78 is 0. The van der Waals surface area contributed by atoms with E-state index in [2.05, 4.69) is 19.2 Å². The zero-order valence-corrected chi connectivity index (χ0v) is 12.6. The van der Waals surface area contributed by atoms with Gasteiger partial charge >= 0.3 is 0 Å². The molecule has 0 fully saturated rings. The van der Waals surface area contributed by atoms with Crippen LogP contribution in [0.3, 0.4) is 0 Å². The molecule has 0 saturated carbocycles. The molecule has 0 bridgehead atoms. The largest absolute Gasteiger partial charge is 0.310 e. The van der Waals surface area contributed by atoms with E-state index in [0.29, 0.717) is 6.04 Å². The third-order valence-corrected chi connectivity index (χ3v) is 2.48. The molecule has 0 spiro atoms. The van der Waals surface area contributed by atoms with Crippen molar-refractivity contribution in [1.82, 2.24) is 5.32 Å². The molecule has 102 valence electrons. The van der Waals surface area contributed by atoms with Crippen LogP contribution in [-0.4, -0.2) is 11.8 Å². The second-order valence-corrected chi connectivity index (χ2v) is 4.75. The minimum absolute atomic E-state index is 0.0691. The molecule has 1 N–H and O–H groups in total. The van der Waals surface area contributed by atoms with Gasteiger partial charge in [0.25, 0.3) is 0 Å². The third kappa shape index (κ3) is 5.97. The zero-order valence-electron chi connectivity index (χ0n) is 12.6. The molecule has 0 radical (unpaired) electrons. The van der Waals surface area contributed by atoms with E-state index in [4.69, 9.17) is 0 Å². The molecule has 0 aliphatic heterocycles. The number of ketones is 1. The predicted octanol–water partition coefficient (Wildman–Crippen LogP) is 4.05. The zero-order chi connectivity index (χ0) is 14.1. The van der Waals surface area contributed by atoms with Crippen molar-refractivity contribution in [2.45, 2.75) is 54.1 Å². The summed E-state index contributed by atoms with van der Waals surface area (Å²) in [5.41, 5.74) is 2.03. The van der Waals surface area contributed by atoms with Gasteiger partial charge in [-0.3, -0.25) is 4.79 Å². The van der Waals surface area contributed by atoms with Gasteiger partial charge < -0.3 is 5.32 Å². The number of hydrogen-bond donors (Lipinski definition) is 1. The van der Waals surface area contributed by atoms with E-state index in [-0.39, 0.29) is 11.7 Å². The first-order valence-electron chi connectivity index (χ1n) is 6.87. The van der Waals surface area contributed by atoms with Gasteiger partial charge in [-0.15, -0.1) is 0 Å². The highest BCUT2D eigenvalue weighted by molar-refractivity contribution is 5.97. The van der Waals surface area contributed by atoms with E-state index in [0.717, 1.165) is 12.1 Å². The molecule has 0 amide bonds. The van der Waals surface area contributed by atoms with E-state index >= 15 is 0 Å². The van der Waals surface area contributed by atoms with Crippen molar-refractivity contribution < 1.29 is 4.79 Å². The summed E-state index contributed by atoms with van der Waals surface area (Å²) in [5.74, 6) is 0.281. The molecule has 1 rings (SSSR count). The standard InChI is InChI=1S/C14H21NO.C2H6/c1-10(2)14(16)13-7-5-12(6-8-13)9-15-11(3)4;1-2/h5-8,10-11,15H,9H2,1-4H3;1-2H3. The minimum Gasteiger partial charge on any atom is -0.310 e. The van der Waals surface area contributed by atoms with Gasteiger partial charge in [0.2, 0.25) is 0 Å². The van der Waals surface area contributed by atoms with Crippen molar-refractivity contribution in [3.05, 3.63) is 35.4 Å². The van der Waals surface area contributed by atoms with E-state index in [9.17, 15) is 4.79 Å². The Bertz CT molecular complexity index is 339. The monoisotopic (exact) mass is 249 g/mol. The van der Waals surface area contributed by atoms with Crippen LogP contribution in [0.1, 0.15) is 57.5 Å². The normalized spacial score (nSPS) is 10.2. The summed E-state index contributed by atoms with van der Waals surface area (Å²) in [6.45, 7) is 13.0. The summed E-state index contributed by atoms with van der Waals surface area (Å²) in [6, 6.07) is 8.35. The molecule has 0 aliphatic rings. The van der Waals surface area contributed by atoms with Gasteiger partial charge in [0.1, 0.15) is 0 Å². The lowest BCUT2D eigenvalue weighted by Gasteiger charge is -2.09. The van der Waals surface area contributed by atoms with Crippen LogP contribution < -0.4 is 5.32 Å². The molecule has 1 aromatic carbocycles. The van der Waals surface area contributed by atoms with Crippen LogP contribution in [0.25, 0.3) is 0 Å². The number of hydrogen-bond acceptors (Lipinski definition) is 2. The van der Waals surface area contributed by atoms with Crippen LogP contribution in [-0.2, 0) is 6.54 Å². The SMILES string of the molecule is CC.CC(C)NCc1ccc(C(=O)C(C)C)cc1. The molecule has 18 heavy (non-hydrogen) atoms. The third-order valence-electron chi connectivity index (χ3n) is 2.48. The maximum atomic E-state index is 11.7. The fraction of sp³-hybridized carbons (Fsp3) is 0.562. The van der Waals surface area contributed by atoms with Gasteiger partial charge in [-0.05, 0) is 5.56 Å². The maximum Gasteiger partial charge on any atom is 0.165 e. The van der Waals surface area contributed by atoms with Crippen LogP contribution in [0.5, 0.6) is 0 Å². The summed E-state index contributed by atoms with van der Waals surface area (Å²) in [5, 5.41) is 3.35. The van der Waals surface area contributed by atoms with E-state index in [1.807, 2.05) is 52.0 Å². The van der Waals surface area contributed by atoms with Gasteiger partial charge in [-0.2, -0.15) is 0 Å². The second-order valence-electron chi connectivity index (χ2n) is 4.75. The van der Waals surface area contributed by atoms with E-state index < -0.39 is 0 Å². The highest BCUT2D eigenvalue weighted by Crippen LogP contribution is 2.10. The summed E-state index contributed by atoms with van der Waals surface area (Å²) in [7, 11) is 0. The molecule has 0 saturated heterocycles. The van der Waals surface area contributed by atoms with Crippen molar-refractivity contribution in [3.63, 3.8) is 0 Å². The van der Waals surface area contributed by atoms with Crippen molar-refractivity contribution in [2.24, 2.45) is 5.92 Å². The summed E-state index contributed by atoms with van der Waals surface area (Å²) >= 11 is 0. The summed E-state index contributed by atoms with van der Waals surface area (Å²) in [6.07, 6.45) is 0. The molecule has 2 heteroatoms. The fourth-order valence-electron chi connectivity index (χ4n) is 1.44. The molecule has 0 atom stereocenters. The number of Topliss-reactive ketones (excluding diaryl/α,β-unsaturated/α-hetero) is 1. The lowest BCUT2D eigenvalue weighted by Crippen LogP contribution is -2.21. The Morgan fingerprint density at radius 3 is 1.94 bits per heavy atom. The highest BCUT2D eigenvalue weighted by Gasteiger charge is 2.09. The van der Waals surface area contributed by atoms with Crippen LogP contribution in [0, 0.1) is 5.92 Å². The Morgan fingerprint density at radius 2 is 1.56 bits per heavy atom. The number of benzene rings is 1. The highest BCUT2D eigenvalue weighted by atomic mass is 16.1. The van der Waals surface area contributed by atoms with Gasteiger partial charge in [0, 0.05) is 24.1 Å². The molecule has 2 nitrogen and oxygen atoms in total. The smallest absolute Gasteiger partial charge is 0.165 e. The van der Waals surface area contributed by atoms with Gasteiger partial charge in [-0.1, -0.05) is 65.8 Å². The van der Waals surface area contributed by atoms with Crippen molar-refractivity contribution in [1.29, 1.82) is 0 Å². The molecule has 0 heterocycles. The van der Waals surface area contributed by atoms with Crippen molar-refractivity contribution in [2.75, 3.05) is 0 Å². The Kier molecular flexibility index (Phi) is 8.30. The second kappa shape index (κ2) is 8.87. The average Bonchev–Trinajstić information content (AvgIpc) is 2.38. The Balaban J connectivity index is 0.00000137. The lowest BCUT2D eigenvalue weighted by molar-refractivity contribution is 0.0939. The number of carbonyl (C=O) groups is 1. The lowest BCUT2D eigenvalue weighted by atomic mass is 10.00. The summed E-state index contributed by atoms with van der Waals surface area (Å²) in [4.78, 5) is 11.7. The van der Waals surface area contributed by atoms with E-state index in [1.54, 1.807) is 0 Å². The molecular weight excluding hydrogens is 222 g/mol. The Morgan fingerprint density at radius 1 is 1.06 bits per heavy atom. The Labute approximate surface area is 112 Å². The van der Waals surface area contributed by atoms with Crippen LogP contribution in [0.15, 0.2) is 24.3 Å². The first-order chi connectivity index (χ1) is 8.50.